The smallest absolute Gasteiger partial charge is 0.394 e. The molecule has 0 bridgehead atoms. The van der Waals surface area contributed by atoms with Crippen molar-refractivity contribution >= 4 is 16.3 Å². The summed E-state index contributed by atoms with van der Waals surface area (Å²) in [6.07, 6.45) is 60.6. The molecule has 1 saturated heterocycles. The number of carbonyl (C=O) groups is 1. The van der Waals surface area contributed by atoms with Gasteiger partial charge in [0.2, 0.25) is 5.91 Å². The summed E-state index contributed by atoms with van der Waals surface area (Å²) in [5.74, 6) is -0.259. The number of nitrogens with one attached hydrogen (secondary N) is 1. The van der Waals surface area contributed by atoms with Gasteiger partial charge >= 0.3 is 10.4 Å². The molecule has 0 aromatic heterocycles. The molecule has 1 aliphatic heterocycles. The number of rotatable bonds is 57. The number of unbranched alkanes of at least 4 members (excludes halogenated alkanes) is 41. The number of ether oxygens (including phenoxy) is 2. The molecule has 0 spiro atoms. The molecular weight excluding hydrogens is 991 g/mol. The van der Waals surface area contributed by atoms with Crippen molar-refractivity contribution in [2.24, 2.45) is 0 Å². The third-order valence-electron chi connectivity index (χ3n) is 15.4. The monoisotopic (exact) mass is 1110 g/mol. The molecule has 12 nitrogen and oxygen atoms in total. The van der Waals surface area contributed by atoms with Crippen molar-refractivity contribution in [3.05, 3.63) is 36.5 Å². The summed E-state index contributed by atoms with van der Waals surface area (Å²) in [6.45, 7) is 3.44. The van der Waals surface area contributed by atoms with Gasteiger partial charge in [-0.25, -0.2) is 4.18 Å². The summed E-state index contributed by atoms with van der Waals surface area (Å²) in [4.78, 5) is 13.2. The second-order valence-corrected chi connectivity index (χ2v) is 23.8. The maximum absolute atomic E-state index is 13.2. The maximum atomic E-state index is 13.2. The number of allylic oxidation sites excluding steroid dienone is 5. The summed E-state index contributed by atoms with van der Waals surface area (Å²) in [7, 11) is -5.09. The van der Waals surface area contributed by atoms with Crippen molar-refractivity contribution in [1.29, 1.82) is 0 Å². The summed E-state index contributed by atoms with van der Waals surface area (Å²) >= 11 is 0. The standard InChI is InChI=1S/C64H121NO11S/c1-3-5-7-9-11-13-15-17-19-21-23-25-26-27-28-29-30-31-32-34-36-38-40-42-44-46-48-50-52-54-60(68)65-57(56-74-64-62(70)63(76-77(71,72)73)61(69)59(55-66)75-64)58(67)53-51-49-47-45-43-41-39-37-35-33-24-22-20-18-16-14-12-10-8-6-4-2/h23,25,27-28,51,53,57-59,61-64,66-67,69-70H,3-22,24,26,29-50,52,54-56H2,1-2H3,(H,65,68)(H,71,72,73)/b25-23-,28-27-,53-51+. The molecule has 0 aromatic rings. The number of amides is 1. The highest BCUT2D eigenvalue weighted by Crippen LogP contribution is 2.26. The highest BCUT2D eigenvalue weighted by atomic mass is 32.3. The molecular formula is C64H121NO11S. The van der Waals surface area contributed by atoms with E-state index in [0.717, 1.165) is 44.9 Å². The number of aliphatic hydroxyl groups is 4. The zero-order chi connectivity index (χ0) is 56.1. The van der Waals surface area contributed by atoms with E-state index in [4.69, 9.17) is 9.47 Å². The molecule has 77 heavy (non-hydrogen) atoms. The molecule has 0 radical (unpaired) electrons. The Bertz CT molecular complexity index is 1490. The molecule has 0 saturated carbocycles. The SMILES string of the molecule is CCCCCCCCCCC/C=C\C/C=C\CCCCCCCCCCCCCCCC(=O)NC(COC1OC(CO)C(O)C(OS(=O)(=O)O)C1O)C(O)/C=C/CCCCCCCCCCCCCCCCCCCCC. The molecule has 1 aliphatic rings. The molecule has 7 unspecified atom stereocenters. The van der Waals surface area contributed by atoms with Crippen LogP contribution in [0.1, 0.15) is 309 Å². The van der Waals surface area contributed by atoms with E-state index in [1.807, 2.05) is 6.08 Å². The molecule has 13 heteroatoms. The van der Waals surface area contributed by atoms with Gasteiger partial charge < -0.3 is 35.2 Å². The molecule has 454 valence electrons. The predicted molar refractivity (Wildman–Crippen MR) is 319 cm³/mol. The minimum absolute atomic E-state index is 0.259. The number of hydrogen-bond acceptors (Lipinski definition) is 10. The molecule has 1 rings (SSSR count). The first kappa shape index (κ1) is 73.3. The van der Waals surface area contributed by atoms with Gasteiger partial charge in [-0.1, -0.05) is 288 Å². The zero-order valence-corrected chi connectivity index (χ0v) is 50.4. The Morgan fingerprint density at radius 3 is 1.23 bits per heavy atom. The normalized spacial score (nSPS) is 19.1. The minimum atomic E-state index is -5.09. The second-order valence-electron chi connectivity index (χ2n) is 22.7. The van der Waals surface area contributed by atoms with E-state index in [2.05, 4.69) is 47.7 Å². The molecule has 0 aliphatic carbocycles. The number of hydrogen-bond donors (Lipinski definition) is 6. The van der Waals surface area contributed by atoms with E-state index < -0.39 is 59.9 Å². The summed E-state index contributed by atoms with van der Waals surface area (Å²) < 4.78 is 48.0. The third-order valence-corrected chi connectivity index (χ3v) is 15.9. The van der Waals surface area contributed by atoms with Gasteiger partial charge in [0, 0.05) is 6.42 Å². The van der Waals surface area contributed by atoms with Crippen LogP contribution in [0, 0.1) is 0 Å². The average Bonchev–Trinajstić information content (AvgIpc) is 3.41. The lowest BCUT2D eigenvalue weighted by Gasteiger charge is -2.41. The van der Waals surface area contributed by atoms with E-state index in [1.165, 1.54) is 238 Å². The molecule has 7 atom stereocenters. The van der Waals surface area contributed by atoms with Crippen LogP contribution in [0.15, 0.2) is 36.5 Å². The first-order valence-electron chi connectivity index (χ1n) is 32.4. The van der Waals surface area contributed by atoms with Crippen LogP contribution in [0.3, 0.4) is 0 Å². The molecule has 6 N–H and O–H groups in total. The van der Waals surface area contributed by atoms with Gasteiger partial charge in [-0.15, -0.1) is 0 Å². The van der Waals surface area contributed by atoms with Crippen LogP contribution in [0.5, 0.6) is 0 Å². The van der Waals surface area contributed by atoms with Gasteiger partial charge in [0.25, 0.3) is 0 Å². The Morgan fingerprint density at radius 1 is 0.519 bits per heavy atom. The fourth-order valence-electron chi connectivity index (χ4n) is 10.4. The van der Waals surface area contributed by atoms with E-state index in [0.29, 0.717) is 6.42 Å². The Hall–Kier alpha value is -1.68. The zero-order valence-electron chi connectivity index (χ0n) is 49.5. The Labute approximate surface area is 473 Å². The van der Waals surface area contributed by atoms with E-state index >= 15 is 0 Å². The van der Waals surface area contributed by atoms with Gasteiger partial charge in [0.1, 0.15) is 24.4 Å². The van der Waals surface area contributed by atoms with E-state index in [-0.39, 0.29) is 18.9 Å². The van der Waals surface area contributed by atoms with Gasteiger partial charge in [-0.05, 0) is 51.4 Å². The van der Waals surface area contributed by atoms with Crippen LogP contribution in [0.2, 0.25) is 0 Å². The van der Waals surface area contributed by atoms with Crippen LogP contribution in [0.4, 0.5) is 0 Å². The van der Waals surface area contributed by atoms with Crippen molar-refractivity contribution in [2.45, 2.75) is 352 Å². The van der Waals surface area contributed by atoms with Crippen molar-refractivity contribution in [2.75, 3.05) is 13.2 Å². The highest BCUT2D eigenvalue weighted by molar-refractivity contribution is 7.80. The van der Waals surface area contributed by atoms with E-state index in [9.17, 15) is 38.2 Å². The van der Waals surface area contributed by atoms with E-state index in [1.54, 1.807) is 6.08 Å². The summed E-state index contributed by atoms with van der Waals surface area (Å²) in [5, 5.41) is 45.1. The van der Waals surface area contributed by atoms with Crippen LogP contribution in [0.25, 0.3) is 0 Å². The van der Waals surface area contributed by atoms with Gasteiger partial charge in [-0.3, -0.25) is 9.35 Å². The Balaban J connectivity index is 2.30. The lowest BCUT2D eigenvalue weighted by molar-refractivity contribution is -0.298. The lowest BCUT2D eigenvalue weighted by Crippen LogP contribution is -2.61. The quantitative estimate of drug-likeness (QED) is 0.0193. The fourth-order valence-corrected chi connectivity index (χ4v) is 10.9. The van der Waals surface area contributed by atoms with Crippen molar-refractivity contribution < 1.29 is 51.8 Å². The fraction of sp³-hybridized carbons (Fsp3) is 0.891. The molecule has 1 heterocycles. The largest absolute Gasteiger partial charge is 0.397 e. The number of aliphatic hydroxyl groups excluding tert-OH is 4. The van der Waals surface area contributed by atoms with Crippen LogP contribution < -0.4 is 5.32 Å². The summed E-state index contributed by atoms with van der Waals surface area (Å²) in [6, 6.07) is -0.946. The maximum Gasteiger partial charge on any atom is 0.397 e. The minimum Gasteiger partial charge on any atom is -0.394 e. The summed E-state index contributed by atoms with van der Waals surface area (Å²) in [5.41, 5.74) is 0. The topological polar surface area (TPSA) is 192 Å². The molecule has 0 aromatic carbocycles. The Morgan fingerprint density at radius 2 is 0.870 bits per heavy atom. The molecule has 1 fully saturated rings. The predicted octanol–water partition coefficient (Wildman–Crippen LogP) is 16.1. The van der Waals surface area contributed by atoms with Gasteiger partial charge in [0.15, 0.2) is 6.29 Å². The van der Waals surface area contributed by atoms with Crippen molar-refractivity contribution in [3.8, 4) is 0 Å². The Kier molecular flexibility index (Phi) is 51.1. The lowest BCUT2D eigenvalue weighted by atomic mass is 9.99. The van der Waals surface area contributed by atoms with Crippen LogP contribution in [-0.4, -0.2) is 95.4 Å². The second kappa shape index (κ2) is 53.6. The highest BCUT2D eigenvalue weighted by Gasteiger charge is 2.48. The van der Waals surface area contributed by atoms with Crippen LogP contribution >= 0.6 is 0 Å². The van der Waals surface area contributed by atoms with Gasteiger partial charge in [0.05, 0.1) is 25.4 Å². The molecule has 1 amide bonds. The number of carbonyl (C=O) groups excluding carboxylic acids is 1. The van der Waals surface area contributed by atoms with Crippen molar-refractivity contribution in [1.82, 2.24) is 5.32 Å². The first-order chi connectivity index (χ1) is 37.5. The van der Waals surface area contributed by atoms with Crippen molar-refractivity contribution in [3.63, 3.8) is 0 Å². The third kappa shape index (κ3) is 45.6. The average molecular weight is 1110 g/mol. The van der Waals surface area contributed by atoms with Crippen LogP contribution in [-0.2, 0) is 28.9 Å². The first-order valence-corrected chi connectivity index (χ1v) is 33.7. The van der Waals surface area contributed by atoms with Gasteiger partial charge in [-0.2, -0.15) is 8.42 Å².